The van der Waals surface area contributed by atoms with E-state index in [2.05, 4.69) is 20.2 Å². The van der Waals surface area contributed by atoms with Crippen molar-refractivity contribution in [2.75, 3.05) is 5.73 Å². The summed E-state index contributed by atoms with van der Waals surface area (Å²) in [6.07, 6.45) is 1.48. The number of nitrogen functional groups attached to an aromatic ring is 1. The highest BCUT2D eigenvalue weighted by Gasteiger charge is 2.13. The molecule has 2 N–H and O–H groups in total. The quantitative estimate of drug-likeness (QED) is 0.573. The van der Waals surface area contributed by atoms with Gasteiger partial charge in [0.2, 0.25) is 0 Å². The van der Waals surface area contributed by atoms with Gasteiger partial charge in [0.1, 0.15) is 12.1 Å². The maximum atomic E-state index is 5.65. The molecule has 0 bridgehead atoms. The van der Waals surface area contributed by atoms with Crippen molar-refractivity contribution in [3.05, 3.63) is 71.9 Å². The van der Waals surface area contributed by atoms with Gasteiger partial charge in [-0.05, 0) is 12.1 Å². The fourth-order valence-corrected chi connectivity index (χ4v) is 2.07. The zero-order chi connectivity index (χ0) is 16.1. The summed E-state index contributed by atoms with van der Waals surface area (Å²) in [4.78, 5) is 13.9. The van der Waals surface area contributed by atoms with Crippen LogP contribution in [0, 0.1) is 0 Å². The predicted octanol–water partition coefficient (Wildman–Crippen LogP) is 1.76. The predicted molar refractivity (Wildman–Crippen MR) is 86.5 cm³/mol. The first-order valence-corrected chi connectivity index (χ1v) is 7.05. The molecule has 116 valence electrons. The second-order valence-corrected chi connectivity index (χ2v) is 4.84. The van der Waals surface area contributed by atoms with E-state index in [1.54, 1.807) is 17.8 Å². The number of nitrogens with zero attached hydrogens (tertiary/aromatic N) is 5. The van der Waals surface area contributed by atoms with Gasteiger partial charge in [-0.15, -0.1) is 0 Å². The van der Waals surface area contributed by atoms with Crippen molar-refractivity contribution in [3.8, 4) is 0 Å². The highest BCUT2D eigenvalue weighted by Crippen LogP contribution is 2.09. The van der Waals surface area contributed by atoms with Gasteiger partial charge in [0.25, 0.3) is 0 Å². The van der Waals surface area contributed by atoms with Gasteiger partial charge in [0.15, 0.2) is 18.1 Å². The van der Waals surface area contributed by atoms with Crippen LogP contribution in [0.5, 0.6) is 0 Å². The molecule has 0 saturated carbocycles. The molecular formula is C16H16N6O. The van der Waals surface area contributed by atoms with Crippen LogP contribution >= 0.6 is 0 Å². The average molecular weight is 308 g/mol. The second kappa shape index (κ2) is 6.69. The van der Waals surface area contributed by atoms with E-state index in [1.807, 2.05) is 42.5 Å². The average Bonchev–Trinajstić information content (AvgIpc) is 2.98. The van der Waals surface area contributed by atoms with Gasteiger partial charge in [-0.3, -0.25) is 0 Å². The Morgan fingerprint density at radius 2 is 2.00 bits per heavy atom. The number of anilines is 1. The van der Waals surface area contributed by atoms with Crippen molar-refractivity contribution >= 4 is 11.5 Å². The van der Waals surface area contributed by atoms with Crippen molar-refractivity contribution in [1.82, 2.24) is 19.7 Å². The van der Waals surface area contributed by atoms with Crippen LogP contribution in [0.25, 0.3) is 0 Å². The van der Waals surface area contributed by atoms with E-state index in [9.17, 15) is 0 Å². The van der Waals surface area contributed by atoms with Gasteiger partial charge < -0.3 is 10.6 Å². The number of aromatic nitrogens is 4. The molecule has 2 aromatic heterocycles. The summed E-state index contributed by atoms with van der Waals surface area (Å²) in [6.45, 7) is 0.221. The molecular weight excluding hydrogens is 292 g/mol. The first-order valence-electron chi connectivity index (χ1n) is 7.05. The van der Waals surface area contributed by atoms with E-state index in [0.717, 1.165) is 5.56 Å². The first kappa shape index (κ1) is 14.7. The number of pyridine rings is 1. The Morgan fingerprint density at radius 1 is 1.17 bits per heavy atom. The molecule has 23 heavy (non-hydrogen) atoms. The molecule has 0 amide bonds. The zero-order valence-electron chi connectivity index (χ0n) is 12.6. The van der Waals surface area contributed by atoms with Crippen LogP contribution in [0.1, 0.15) is 17.1 Å². The maximum absolute atomic E-state index is 5.65. The lowest BCUT2D eigenvalue weighted by Crippen LogP contribution is -2.12. The highest BCUT2D eigenvalue weighted by molar-refractivity contribution is 6.10. The molecule has 3 aromatic rings. The molecule has 7 heteroatoms. The van der Waals surface area contributed by atoms with Crippen molar-refractivity contribution in [2.24, 2.45) is 12.2 Å². The summed E-state index contributed by atoms with van der Waals surface area (Å²) in [7, 11) is 1.81. The van der Waals surface area contributed by atoms with Gasteiger partial charge in [-0.1, -0.05) is 41.6 Å². The zero-order valence-corrected chi connectivity index (χ0v) is 12.6. The van der Waals surface area contributed by atoms with Crippen LogP contribution < -0.4 is 5.73 Å². The number of hydrogen-bond donors (Lipinski definition) is 1. The molecule has 0 atom stereocenters. The summed E-state index contributed by atoms with van der Waals surface area (Å²) in [5.41, 5.74) is 7.86. The molecule has 7 nitrogen and oxygen atoms in total. The third kappa shape index (κ3) is 3.52. The number of hydrogen-bond acceptors (Lipinski definition) is 6. The van der Waals surface area contributed by atoms with E-state index in [4.69, 9.17) is 10.6 Å². The lowest BCUT2D eigenvalue weighted by Gasteiger charge is -2.06. The third-order valence-electron chi connectivity index (χ3n) is 3.17. The van der Waals surface area contributed by atoms with Crippen molar-refractivity contribution in [3.63, 3.8) is 0 Å². The lowest BCUT2D eigenvalue weighted by molar-refractivity contribution is 0.128. The smallest absolute Gasteiger partial charge is 0.180 e. The van der Waals surface area contributed by atoms with Gasteiger partial charge in [-0.25, -0.2) is 14.6 Å². The standard InChI is InChI=1S/C16H16N6O/c1-22-16(18-11-19-22)15(12-6-3-2-4-7-12)21-23-10-13-8-5-9-14(17)20-13/h2-9,11H,10H2,1H3,(H2,17,20)/b21-15-. The minimum atomic E-state index is 0.221. The molecule has 0 unspecified atom stereocenters. The largest absolute Gasteiger partial charge is 0.389 e. The maximum Gasteiger partial charge on any atom is 0.180 e. The fraction of sp³-hybridized carbons (Fsp3) is 0.125. The molecule has 0 aliphatic carbocycles. The van der Waals surface area contributed by atoms with Crippen molar-refractivity contribution in [2.45, 2.75) is 6.61 Å². The molecule has 0 radical (unpaired) electrons. The first-order chi connectivity index (χ1) is 11.2. The molecule has 0 spiro atoms. The van der Waals surface area contributed by atoms with Crippen LogP contribution in [0.15, 0.2) is 60.0 Å². The van der Waals surface area contributed by atoms with Crippen LogP contribution in [-0.4, -0.2) is 25.5 Å². The van der Waals surface area contributed by atoms with Crippen LogP contribution in [-0.2, 0) is 18.5 Å². The van der Waals surface area contributed by atoms with E-state index in [-0.39, 0.29) is 6.61 Å². The highest BCUT2D eigenvalue weighted by atomic mass is 16.6. The Balaban J connectivity index is 1.85. The molecule has 1 aromatic carbocycles. The Morgan fingerprint density at radius 3 is 2.70 bits per heavy atom. The Labute approximate surface area is 133 Å². The van der Waals surface area contributed by atoms with E-state index in [0.29, 0.717) is 23.0 Å². The normalized spacial score (nSPS) is 11.4. The van der Waals surface area contributed by atoms with Crippen LogP contribution in [0.3, 0.4) is 0 Å². The van der Waals surface area contributed by atoms with Gasteiger partial charge >= 0.3 is 0 Å². The summed E-state index contributed by atoms with van der Waals surface area (Å²) < 4.78 is 1.65. The summed E-state index contributed by atoms with van der Waals surface area (Å²) in [6, 6.07) is 15.1. The molecule has 0 aliphatic heterocycles. The van der Waals surface area contributed by atoms with Gasteiger partial charge in [0.05, 0.1) is 5.69 Å². The molecule has 3 rings (SSSR count). The second-order valence-electron chi connectivity index (χ2n) is 4.84. The number of oxime groups is 1. The Kier molecular flexibility index (Phi) is 4.28. The Hall–Kier alpha value is -3.22. The number of aryl methyl sites for hydroxylation is 1. The van der Waals surface area contributed by atoms with Crippen molar-refractivity contribution < 1.29 is 4.84 Å². The molecule has 2 heterocycles. The van der Waals surface area contributed by atoms with Crippen LogP contribution in [0.2, 0.25) is 0 Å². The third-order valence-corrected chi connectivity index (χ3v) is 3.17. The summed E-state index contributed by atoms with van der Waals surface area (Å²) in [5.74, 6) is 1.07. The topological polar surface area (TPSA) is 91.2 Å². The van der Waals surface area contributed by atoms with Crippen LogP contribution in [0.4, 0.5) is 5.82 Å². The van der Waals surface area contributed by atoms with E-state index >= 15 is 0 Å². The molecule has 0 saturated heterocycles. The Bertz CT molecular complexity index is 812. The lowest BCUT2D eigenvalue weighted by atomic mass is 10.1. The SMILES string of the molecule is Cn1ncnc1/C(=N\OCc1cccc(N)n1)c1ccccc1. The fourth-order valence-electron chi connectivity index (χ4n) is 2.07. The number of rotatable bonds is 5. The minimum absolute atomic E-state index is 0.221. The van der Waals surface area contributed by atoms with E-state index < -0.39 is 0 Å². The monoisotopic (exact) mass is 308 g/mol. The van der Waals surface area contributed by atoms with Gasteiger partial charge in [-0.2, -0.15) is 5.10 Å². The summed E-state index contributed by atoms with van der Waals surface area (Å²) in [5, 5.41) is 8.32. The molecule has 0 aliphatic rings. The van der Waals surface area contributed by atoms with Gasteiger partial charge in [0, 0.05) is 12.6 Å². The number of benzene rings is 1. The summed E-state index contributed by atoms with van der Waals surface area (Å²) >= 11 is 0. The minimum Gasteiger partial charge on any atom is -0.389 e. The van der Waals surface area contributed by atoms with Crippen molar-refractivity contribution in [1.29, 1.82) is 0 Å². The molecule has 0 fully saturated rings. The number of nitrogens with two attached hydrogens (primary N) is 1. The van der Waals surface area contributed by atoms with E-state index in [1.165, 1.54) is 6.33 Å².